The fraction of sp³-hybridized carbons (Fsp3) is 0.769. The minimum atomic E-state index is 0.163. The summed E-state index contributed by atoms with van der Waals surface area (Å²) in [7, 11) is 0. The summed E-state index contributed by atoms with van der Waals surface area (Å²) >= 11 is 0. The standard InChI is InChI=1S/C13H17N3O/c14-3-1-5-16(6-2-4-15)13(17)12-8-10-7-11(10)9-12/h10-12H,1-2,5-9H2. The predicted molar refractivity (Wildman–Crippen MR) is 61.4 cm³/mol. The molecule has 0 aromatic heterocycles. The van der Waals surface area contributed by atoms with Crippen molar-refractivity contribution in [3.05, 3.63) is 0 Å². The van der Waals surface area contributed by atoms with Gasteiger partial charge < -0.3 is 4.90 Å². The normalized spacial score (nSPS) is 28.9. The van der Waals surface area contributed by atoms with Crippen LogP contribution in [0.1, 0.15) is 32.1 Å². The quantitative estimate of drug-likeness (QED) is 0.723. The Morgan fingerprint density at radius 1 is 1.06 bits per heavy atom. The van der Waals surface area contributed by atoms with Crippen molar-refractivity contribution < 1.29 is 4.79 Å². The van der Waals surface area contributed by atoms with Gasteiger partial charge in [0.1, 0.15) is 0 Å². The molecule has 2 saturated carbocycles. The van der Waals surface area contributed by atoms with Crippen molar-refractivity contribution in [2.45, 2.75) is 32.1 Å². The highest BCUT2D eigenvalue weighted by molar-refractivity contribution is 5.79. The molecule has 17 heavy (non-hydrogen) atoms. The van der Waals surface area contributed by atoms with Crippen molar-refractivity contribution in [1.29, 1.82) is 10.5 Å². The molecule has 0 radical (unpaired) electrons. The van der Waals surface area contributed by atoms with Crippen molar-refractivity contribution in [2.75, 3.05) is 13.1 Å². The van der Waals surface area contributed by atoms with E-state index in [0.717, 1.165) is 24.7 Å². The van der Waals surface area contributed by atoms with E-state index in [1.165, 1.54) is 6.42 Å². The molecule has 4 nitrogen and oxygen atoms in total. The third-order valence-electron chi connectivity index (χ3n) is 3.89. The summed E-state index contributed by atoms with van der Waals surface area (Å²) in [5.41, 5.74) is 0. The van der Waals surface area contributed by atoms with E-state index in [-0.39, 0.29) is 11.8 Å². The molecule has 90 valence electrons. The molecule has 4 heteroatoms. The van der Waals surface area contributed by atoms with Crippen molar-refractivity contribution in [3.8, 4) is 12.1 Å². The van der Waals surface area contributed by atoms with E-state index in [0.29, 0.717) is 25.9 Å². The van der Waals surface area contributed by atoms with Crippen LogP contribution >= 0.6 is 0 Å². The first-order valence-electron chi connectivity index (χ1n) is 6.29. The third-order valence-corrected chi connectivity index (χ3v) is 3.89. The van der Waals surface area contributed by atoms with E-state index < -0.39 is 0 Å². The summed E-state index contributed by atoms with van der Waals surface area (Å²) in [4.78, 5) is 13.9. The smallest absolute Gasteiger partial charge is 0.225 e. The van der Waals surface area contributed by atoms with Crippen molar-refractivity contribution in [2.24, 2.45) is 17.8 Å². The zero-order chi connectivity index (χ0) is 12.3. The molecule has 1 amide bonds. The number of carbonyl (C=O) groups is 1. The Bertz CT molecular complexity index is 351. The maximum atomic E-state index is 12.2. The average molecular weight is 231 g/mol. The molecular weight excluding hydrogens is 214 g/mol. The molecule has 0 aromatic carbocycles. The topological polar surface area (TPSA) is 67.9 Å². The number of fused-ring (bicyclic) bond motifs is 1. The third kappa shape index (κ3) is 2.77. The molecular formula is C13H17N3O. The maximum absolute atomic E-state index is 12.2. The van der Waals surface area contributed by atoms with Crippen LogP contribution in [0, 0.1) is 40.4 Å². The zero-order valence-electron chi connectivity index (χ0n) is 9.93. The molecule has 2 unspecified atom stereocenters. The number of nitrogens with zero attached hydrogens (tertiary/aromatic N) is 3. The Labute approximate surface area is 102 Å². The van der Waals surface area contributed by atoms with E-state index in [1.54, 1.807) is 4.90 Å². The lowest BCUT2D eigenvalue weighted by molar-refractivity contribution is -0.135. The average Bonchev–Trinajstić information content (AvgIpc) is 2.96. The highest BCUT2D eigenvalue weighted by atomic mass is 16.2. The molecule has 2 fully saturated rings. The summed E-state index contributed by atoms with van der Waals surface area (Å²) in [5, 5.41) is 17.2. The lowest BCUT2D eigenvalue weighted by Gasteiger charge is -2.24. The summed E-state index contributed by atoms with van der Waals surface area (Å²) in [6.45, 7) is 0.950. The van der Waals surface area contributed by atoms with Crippen LogP contribution in [0.15, 0.2) is 0 Å². The van der Waals surface area contributed by atoms with Crippen LogP contribution < -0.4 is 0 Å². The Hall–Kier alpha value is -1.55. The predicted octanol–water partition coefficient (Wildman–Crippen LogP) is 1.69. The van der Waals surface area contributed by atoms with Gasteiger partial charge in [-0.05, 0) is 31.1 Å². The van der Waals surface area contributed by atoms with Crippen LogP contribution in [0.25, 0.3) is 0 Å². The first-order chi connectivity index (χ1) is 8.26. The molecule has 0 N–H and O–H groups in total. The van der Waals surface area contributed by atoms with Gasteiger partial charge in [0.15, 0.2) is 0 Å². The number of carbonyl (C=O) groups excluding carboxylic acids is 1. The van der Waals surface area contributed by atoms with Gasteiger partial charge in [0.2, 0.25) is 5.91 Å². The second-order valence-electron chi connectivity index (χ2n) is 5.07. The van der Waals surface area contributed by atoms with Gasteiger partial charge in [-0.3, -0.25) is 4.79 Å². The number of amides is 1. The largest absolute Gasteiger partial charge is 0.340 e. The first kappa shape index (κ1) is 11.9. The highest BCUT2D eigenvalue weighted by Crippen LogP contribution is 2.54. The Morgan fingerprint density at radius 3 is 2.06 bits per heavy atom. The molecule has 0 saturated heterocycles. The maximum Gasteiger partial charge on any atom is 0.225 e. The summed E-state index contributed by atoms with van der Waals surface area (Å²) in [6, 6.07) is 4.12. The molecule has 0 aliphatic heterocycles. The summed E-state index contributed by atoms with van der Waals surface area (Å²) in [5.74, 6) is 1.91. The van der Waals surface area contributed by atoms with Gasteiger partial charge >= 0.3 is 0 Å². The van der Waals surface area contributed by atoms with Gasteiger partial charge in [-0.1, -0.05) is 0 Å². The van der Waals surface area contributed by atoms with Gasteiger partial charge in [-0.25, -0.2) is 0 Å². The monoisotopic (exact) mass is 231 g/mol. The van der Waals surface area contributed by atoms with Crippen molar-refractivity contribution >= 4 is 5.91 Å². The van der Waals surface area contributed by atoms with Gasteiger partial charge in [-0.2, -0.15) is 10.5 Å². The number of hydrogen-bond donors (Lipinski definition) is 0. The number of nitriles is 2. The Morgan fingerprint density at radius 2 is 1.59 bits per heavy atom. The molecule has 2 rings (SSSR count). The van der Waals surface area contributed by atoms with Crippen LogP contribution in [0.5, 0.6) is 0 Å². The van der Waals surface area contributed by atoms with Crippen LogP contribution in [0.4, 0.5) is 0 Å². The van der Waals surface area contributed by atoms with Crippen LogP contribution in [-0.4, -0.2) is 23.9 Å². The van der Waals surface area contributed by atoms with Gasteiger partial charge in [-0.15, -0.1) is 0 Å². The van der Waals surface area contributed by atoms with Crippen LogP contribution in [-0.2, 0) is 4.79 Å². The van der Waals surface area contributed by atoms with Gasteiger partial charge in [0.25, 0.3) is 0 Å². The first-order valence-corrected chi connectivity index (χ1v) is 6.29. The minimum Gasteiger partial charge on any atom is -0.340 e. The summed E-state index contributed by atoms with van der Waals surface area (Å²) < 4.78 is 0. The second-order valence-corrected chi connectivity index (χ2v) is 5.07. The highest BCUT2D eigenvalue weighted by Gasteiger charge is 2.48. The van der Waals surface area contributed by atoms with Crippen LogP contribution in [0.3, 0.4) is 0 Å². The van der Waals surface area contributed by atoms with E-state index in [4.69, 9.17) is 10.5 Å². The van der Waals surface area contributed by atoms with E-state index >= 15 is 0 Å². The number of rotatable bonds is 5. The Kier molecular flexibility index (Phi) is 3.64. The van der Waals surface area contributed by atoms with Crippen molar-refractivity contribution in [3.63, 3.8) is 0 Å². The van der Waals surface area contributed by atoms with Gasteiger partial charge in [0.05, 0.1) is 25.0 Å². The molecule has 0 heterocycles. The zero-order valence-corrected chi connectivity index (χ0v) is 9.93. The molecule has 0 aromatic rings. The molecule has 0 bridgehead atoms. The van der Waals surface area contributed by atoms with Crippen LogP contribution in [0.2, 0.25) is 0 Å². The van der Waals surface area contributed by atoms with E-state index in [2.05, 4.69) is 12.1 Å². The minimum absolute atomic E-state index is 0.163. The number of hydrogen-bond acceptors (Lipinski definition) is 3. The van der Waals surface area contributed by atoms with Gasteiger partial charge in [0, 0.05) is 19.0 Å². The fourth-order valence-electron chi connectivity index (χ4n) is 2.88. The summed E-state index contributed by atoms with van der Waals surface area (Å²) in [6.07, 6.45) is 4.08. The lowest BCUT2D eigenvalue weighted by atomic mass is 10.0. The lowest BCUT2D eigenvalue weighted by Crippen LogP contribution is -2.37. The molecule has 2 aliphatic carbocycles. The van der Waals surface area contributed by atoms with Crippen molar-refractivity contribution in [1.82, 2.24) is 4.90 Å². The molecule has 2 atom stereocenters. The SMILES string of the molecule is N#CCCN(CCC#N)C(=O)C1CC2CC2C1. The fourth-order valence-corrected chi connectivity index (χ4v) is 2.88. The van der Waals surface area contributed by atoms with E-state index in [1.807, 2.05) is 0 Å². The molecule has 2 aliphatic rings. The Balaban J connectivity index is 1.87. The molecule has 0 spiro atoms. The second kappa shape index (κ2) is 5.19. The van der Waals surface area contributed by atoms with E-state index in [9.17, 15) is 4.79 Å².